The van der Waals surface area contributed by atoms with Crippen molar-refractivity contribution in [3.05, 3.63) is 35.9 Å². The molecule has 0 spiro atoms. The molecule has 2 aliphatic rings. The lowest BCUT2D eigenvalue weighted by atomic mass is 9.94. The molecule has 5 nitrogen and oxygen atoms in total. The Hall–Kier alpha value is -1.40. The van der Waals surface area contributed by atoms with Crippen LogP contribution >= 0.6 is 0 Å². The number of nitrogens with zero attached hydrogens (tertiary/aromatic N) is 2. The zero-order chi connectivity index (χ0) is 19.3. The minimum Gasteiger partial charge on any atom is -0.342 e. The summed E-state index contributed by atoms with van der Waals surface area (Å²) in [7, 11) is -3.30. The number of carbonyl (C=O) groups excluding carboxylic acids is 1. The van der Waals surface area contributed by atoms with Crippen LogP contribution in [0.5, 0.6) is 0 Å². The smallest absolute Gasteiger partial charge is 0.227 e. The molecule has 0 aromatic heterocycles. The van der Waals surface area contributed by atoms with Crippen LogP contribution in [-0.2, 0) is 21.2 Å². The topological polar surface area (TPSA) is 57.7 Å². The van der Waals surface area contributed by atoms with Gasteiger partial charge >= 0.3 is 0 Å². The van der Waals surface area contributed by atoms with E-state index in [2.05, 4.69) is 6.92 Å². The van der Waals surface area contributed by atoms with E-state index in [1.807, 2.05) is 35.2 Å². The number of aryl methyl sites for hydroxylation is 1. The molecule has 27 heavy (non-hydrogen) atoms. The van der Waals surface area contributed by atoms with Gasteiger partial charge in [-0.3, -0.25) is 4.79 Å². The lowest BCUT2D eigenvalue weighted by Crippen LogP contribution is -2.48. The standard InChI is InChI=1S/C21H32N2O3S/c1-18-11-14-22(15-12-18)21(24)20-10-5-13-23(17-20)27(25,26)16-6-9-19-7-3-2-4-8-19/h2-4,7-8,18,20H,5-6,9-17H2,1H3/t20-/m1/s1. The number of rotatable bonds is 6. The van der Waals surface area contributed by atoms with Gasteiger partial charge < -0.3 is 4.90 Å². The van der Waals surface area contributed by atoms with E-state index in [0.29, 0.717) is 25.4 Å². The second-order valence-corrected chi connectivity index (χ2v) is 10.2. The van der Waals surface area contributed by atoms with E-state index < -0.39 is 10.0 Å². The fraction of sp³-hybridized carbons (Fsp3) is 0.667. The van der Waals surface area contributed by atoms with E-state index in [1.165, 1.54) is 5.56 Å². The van der Waals surface area contributed by atoms with E-state index in [9.17, 15) is 13.2 Å². The van der Waals surface area contributed by atoms with Crippen molar-refractivity contribution in [2.45, 2.75) is 45.4 Å². The number of hydrogen-bond donors (Lipinski definition) is 0. The second-order valence-electron chi connectivity index (χ2n) is 8.11. The summed E-state index contributed by atoms with van der Waals surface area (Å²) >= 11 is 0. The van der Waals surface area contributed by atoms with Crippen molar-refractivity contribution in [1.29, 1.82) is 0 Å². The predicted molar refractivity (Wildman–Crippen MR) is 108 cm³/mol. The molecule has 1 aromatic carbocycles. The second kappa shape index (κ2) is 9.20. The molecule has 3 rings (SSSR count). The molecule has 2 heterocycles. The van der Waals surface area contributed by atoms with Gasteiger partial charge in [0.05, 0.1) is 11.7 Å². The summed E-state index contributed by atoms with van der Waals surface area (Å²) < 4.78 is 27.1. The molecule has 0 aliphatic carbocycles. The highest BCUT2D eigenvalue weighted by atomic mass is 32.2. The number of sulfonamides is 1. The maximum atomic E-state index is 12.8. The van der Waals surface area contributed by atoms with E-state index >= 15 is 0 Å². The van der Waals surface area contributed by atoms with Gasteiger partial charge in [0.15, 0.2) is 0 Å². The molecule has 0 bridgehead atoms. The largest absolute Gasteiger partial charge is 0.342 e. The molecule has 150 valence electrons. The average Bonchev–Trinajstić information content (AvgIpc) is 2.69. The van der Waals surface area contributed by atoms with Crippen LogP contribution in [0.4, 0.5) is 0 Å². The number of amides is 1. The first-order valence-electron chi connectivity index (χ1n) is 10.3. The SMILES string of the molecule is CC1CCN(C(=O)[C@@H]2CCCN(S(=O)(=O)CCCc3ccccc3)C2)CC1. The van der Waals surface area contributed by atoms with Gasteiger partial charge in [-0.15, -0.1) is 0 Å². The van der Waals surface area contributed by atoms with E-state index in [-0.39, 0.29) is 17.6 Å². The Morgan fingerprint density at radius 3 is 2.48 bits per heavy atom. The van der Waals surface area contributed by atoms with Crippen LogP contribution in [-0.4, -0.2) is 55.5 Å². The van der Waals surface area contributed by atoms with Crippen molar-refractivity contribution >= 4 is 15.9 Å². The molecule has 1 aromatic rings. The molecule has 0 radical (unpaired) electrons. The minimum absolute atomic E-state index is 0.157. The molecule has 2 fully saturated rings. The first-order chi connectivity index (χ1) is 13.0. The van der Waals surface area contributed by atoms with Gasteiger partial charge in [-0.05, 0) is 50.0 Å². The molecular weight excluding hydrogens is 360 g/mol. The molecule has 0 unspecified atom stereocenters. The average molecular weight is 393 g/mol. The summed E-state index contributed by atoms with van der Waals surface area (Å²) in [6, 6.07) is 9.98. The lowest BCUT2D eigenvalue weighted by Gasteiger charge is -2.37. The number of hydrogen-bond acceptors (Lipinski definition) is 3. The van der Waals surface area contributed by atoms with Gasteiger partial charge in [-0.2, -0.15) is 0 Å². The van der Waals surface area contributed by atoms with Crippen LogP contribution in [0.2, 0.25) is 0 Å². The normalized spacial score (nSPS) is 22.7. The molecular formula is C21H32N2O3S. The van der Waals surface area contributed by atoms with Crippen LogP contribution < -0.4 is 0 Å². The highest BCUT2D eigenvalue weighted by molar-refractivity contribution is 7.89. The Morgan fingerprint density at radius 1 is 1.07 bits per heavy atom. The van der Waals surface area contributed by atoms with Gasteiger partial charge in [0.25, 0.3) is 0 Å². The first kappa shape index (κ1) is 20.3. The number of carbonyl (C=O) groups is 1. The van der Waals surface area contributed by atoms with Crippen LogP contribution in [0.1, 0.15) is 44.6 Å². The van der Waals surface area contributed by atoms with E-state index in [4.69, 9.17) is 0 Å². The van der Waals surface area contributed by atoms with Crippen molar-refractivity contribution in [3.63, 3.8) is 0 Å². The van der Waals surface area contributed by atoms with Crippen molar-refractivity contribution in [2.24, 2.45) is 11.8 Å². The van der Waals surface area contributed by atoms with Crippen LogP contribution in [0, 0.1) is 11.8 Å². The Kier molecular flexibility index (Phi) is 6.93. The highest BCUT2D eigenvalue weighted by Gasteiger charge is 2.34. The maximum absolute atomic E-state index is 12.8. The monoisotopic (exact) mass is 392 g/mol. The van der Waals surface area contributed by atoms with E-state index in [1.54, 1.807) is 4.31 Å². The van der Waals surface area contributed by atoms with Gasteiger partial charge in [-0.1, -0.05) is 37.3 Å². The van der Waals surface area contributed by atoms with Gasteiger partial charge in [0, 0.05) is 26.2 Å². The Balaban J connectivity index is 1.52. The summed E-state index contributed by atoms with van der Waals surface area (Å²) in [4.78, 5) is 14.8. The third kappa shape index (κ3) is 5.55. The number of piperidine rings is 2. The fourth-order valence-electron chi connectivity index (χ4n) is 4.12. The predicted octanol–water partition coefficient (Wildman–Crippen LogP) is 2.92. The Bertz CT molecular complexity index is 712. The van der Waals surface area contributed by atoms with Crippen molar-refractivity contribution in [3.8, 4) is 0 Å². The lowest BCUT2D eigenvalue weighted by molar-refractivity contribution is -0.138. The molecule has 0 saturated carbocycles. The molecule has 1 atom stereocenters. The van der Waals surface area contributed by atoms with E-state index in [0.717, 1.165) is 45.2 Å². The third-order valence-corrected chi connectivity index (χ3v) is 7.86. The Labute approximate surface area is 163 Å². The van der Waals surface area contributed by atoms with Crippen LogP contribution in [0.3, 0.4) is 0 Å². The van der Waals surface area contributed by atoms with Gasteiger partial charge in [0.1, 0.15) is 0 Å². The molecule has 2 aliphatic heterocycles. The summed E-state index contributed by atoms with van der Waals surface area (Å²) in [5.74, 6) is 0.827. The Morgan fingerprint density at radius 2 is 1.78 bits per heavy atom. The van der Waals surface area contributed by atoms with Crippen LogP contribution in [0.25, 0.3) is 0 Å². The molecule has 1 amide bonds. The zero-order valence-electron chi connectivity index (χ0n) is 16.3. The highest BCUT2D eigenvalue weighted by Crippen LogP contribution is 2.24. The summed E-state index contributed by atoms with van der Waals surface area (Å²) in [5, 5.41) is 0. The quantitative estimate of drug-likeness (QED) is 0.748. The zero-order valence-corrected chi connectivity index (χ0v) is 17.2. The van der Waals surface area contributed by atoms with Crippen molar-refractivity contribution in [1.82, 2.24) is 9.21 Å². The summed E-state index contributed by atoms with van der Waals surface area (Å²) in [6.07, 6.45) is 5.08. The third-order valence-electron chi connectivity index (χ3n) is 5.93. The number of likely N-dealkylation sites (tertiary alicyclic amines) is 1. The van der Waals surface area contributed by atoms with Crippen LogP contribution in [0.15, 0.2) is 30.3 Å². The fourth-order valence-corrected chi connectivity index (χ4v) is 5.70. The van der Waals surface area contributed by atoms with Gasteiger partial charge in [-0.25, -0.2) is 12.7 Å². The van der Waals surface area contributed by atoms with Crippen molar-refractivity contribution < 1.29 is 13.2 Å². The van der Waals surface area contributed by atoms with Gasteiger partial charge in [0.2, 0.25) is 15.9 Å². The first-order valence-corrected chi connectivity index (χ1v) is 11.9. The maximum Gasteiger partial charge on any atom is 0.227 e. The summed E-state index contributed by atoms with van der Waals surface area (Å²) in [5.41, 5.74) is 1.17. The molecule has 0 N–H and O–H groups in total. The number of benzene rings is 1. The molecule has 6 heteroatoms. The molecule has 2 saturated heterocycles. The minimum atomic E-state index is -3.30. The van der Waals surface area contributed by atoms with Crippen molar-refractivity contribution in [2.75, 3.05) is 31.9 Å². The summed E-state index contributed by atoms with van der Waals surface area (Å²) in [6.45, 7) is 4.78.